The Bertz CT molecular complexity index is 143. The molecule has 0 fully saturated rings. The predicted octanol–water partition coefficient (Wildman–Crippen LogP) is -2.00. The number of hydrogen-bond donors (Lipinski definition) is 1. The first kappa shape index (κ1) is 4.79. The Kier molecular flexibility index (Phi) is 1.12. The summed E-state index contributed by atoms with van der Waals surface area (Å²) < 4.78 is 0. The van der Waals surface area contributed by atoms with Gasteiger partial charge in [0.15, 0.2) is 0 Å². The average Bonchev–Trinajstić information content (AvgIpc) is 1.87. The minimum Gasteiger partial charge on any atom is -0.355 e. The lowest BCUT2D eigenvalue weighted by atomic mass is 10.9. The highest BCUT2D eigenvalue weighted by molar-refractivity contribution is 6.34. The van der Waals surface area contributed by atoms with Gasteiger partial charge in [0.2, 0.25) is 0 Å². The highest BCUT2D eigenvalue weighted by Crippen LogP contribution is 1.55. The third kappa shape index (κ3) is 1.00. The van der Waals surface area contributed by atoms with Crippen LogP contribution in [-0.4, -0.2) is 30.5 Å². The van der Waals surface area contributed by atoms with Gasteiger partial charge in [0.25, 0.3) is 0 Å². The van der Waals surface area contributed by atoms with E-state index in [9.17, 15) is 0 Å². The maximum Gasteiger partial charge on any atom is 0.125 e. The van der Waals surface area contributed by atoms with Gasteiger partial charge in [-0.15, -0.1) is 0 Å². The maximum atomic E-state index is 3.83. The van der Waals surface area contributed by atoms with Crippen LogP contribution in [0, 0.1) is 0 Å². The number of H-pyrrole nitrogens is 1. The summed E-state index contributed by atoms with van der Waals surface area (Å²) >= 11 is 0. The monoisotopic (exact) mass is 122 g/mol. The number of imidazole rings is 1. The number of rotatable bonds is 0. The summed E-state index contributed by atoms with van der Waals surface area (Å²) in [7, 11) is 6.41. The molecule has 0 spiro atoms. The smallest absolute Gasteiger partial charge is 0.125 e. The number of aromatic nitrogens is 2. The number of nitrogens with zero attached hydrogens (tertiary/aromatic N) is 1. The molecule has 1 N–H and O–H groups in total. The van der Waals surface area contributed by atoms with E-state index >= 15 is 0 Å². The highest BCUT2D eigenvalue weighted by atomic mass is 28.1. The summed E-state index contributed by atoms with van der Waals surface area (Å²) in [4.78, 5) is 6.68. The molecule has 6 radical (unpaired) electrons. The molecule has 0 aliphatic carbocycles. The van der Waals surface area contributed by atoms with Gasteiger partial charge >= 0.3 is 0 Å². The van der Waals surface area contributed by atoms with Gasteiger partial charge in [-0.2, -0.15) is 0 Å². The van der Waals surface area contributed by atoms with Gasteiger partial charge in [-0.1, -0.05) is 0 Å². The van der Waals surface area contributed by atoms with Crippen LogP contribution in [0.2, 0.25) is 0 Å². The molecule has 0 bridgehead atoms. The van der Waals surface area contributed by atoms with E-state index in [1.54, 1.807) is 6.20 Å². The predicted molar refractivity (Wildman–Crippen MR) is 29.4 cm³/mol. The van der Waals surface area contributed by atoms with Crippen molar-refractivity contribution in [2.45, 2.75) is 0 Å². The van der Waals surface area contributed by atoms with Crippen LogP contribution in [0.4, 0.5) is 0 Å². The lowest BCUT2D eigenvalue weighted by Crippen LogP contribution is -2.11. The van der Waals surface area contributed by atoms with Crippen LogP contribution in [0.1, 0.15) is 0 Å². The van der Waals surface area contributed by atoms with Crippen molar-refractivity contribution < 1.29 is 0 Å². The number of nitrogens with one attached hydrogen (secondary N) is 1. The van der Waals surface area contributed by atoms with Gasteiger partial charge in [-0.25, -0.2) is 4.98 Å². The van der Waals surface area contributed by atoms with Crippen molar-refractivity contribution in [2.24, 2.45) is 0 Å². The summed E-state index contributed by atoms with van der Waals surface area (Å²) in [6.45, 7) is 0. The molecular weight excluding hydrogens is 120 g/mol. The van der Waals surface area contributed by atoms with Crippen molar-refractivity contribution >= 4 is 31.2 Å². The van der Waals surface area contributed by atoms with Gasteiger partial charge in [0.1, 0.15) is 10.2 Å². The van der Waals surface area contributed by atoms with Crippen LogP contribution < -0.4 is 10.8 Å². The molecule has 0 unspecified atom stereocenters. The molecule has 7 heavy (non-hydrogen) atoms. The van der Waals surface area contributed by atoms with Crippen LogP contribution >= 0.6 is 0 Å². The van der Waals surface area contributed by atoms with E-state index in [0.717, 1.165) is 10.8 Å². The fraction of sp³-hybridized carbons (Fsp3) is 0. The SMILES string of the molecule is [Si]c1cnc([Si])[nH]1. The maximum absolute atomic E-state index is 3.83. The Hall–Kier alpha value is -0.356. The van der Waals surface area contributed by atoms with Crippen LogP contribution in [0.25, 0.3) is 0 Å². The molecule has 0 aliphatic heterocycles. The lowest BCUT2D eigenvalue weighted by molar-refractivity contribution is 1.41. The quantitative estimate of drug-likeness (QED) is 0.396. The number of aromatic amines is 1. The van der Waals surface area contributed by atoms with Crippen LogP contribution in [-0.2, 0) is 0 Å². The molecule has 1 heterocycles. The van der Waals surface area contributed by atoms with Crippen molar-refractivity contribution in [1.82, 2.24) is 9.97 Å². The summed E-state index contributed by atoms with van der Waals surface area (Å²) in [5, 5.41) is 0.880. The Balaban J connectivity index is 3.04. The molecular formula is C3H2N2Si2. The standard InChI is InChI=1S/C3H2N2Si2/c6-2-1-4-3(7)5-2/h1H,(H,4,5). The molecule has 2 nitrogen and oxygen atoms in total. The van der Waals surface area contributed by atoms with Crippen molar-refractivity contribution in [3.8, 4) is 0 Å². The fourth-order valence-corrected chi connectivity index (χ4v) is 0.828. The fourth-order valence-electron chi connectivity index (χ4n) is 0.321. The zero-order chi connectivity index (χ0) is 5.28. The molecule has 1 aromatic heterocycles. The summed E-state index contributed by atoms with van der Waals surface area (Å²) in [6, 6.07) is 0. The first-order valence-electron chi connectivity index (χ1n) is 1.77. The third-order valence-corrected chi connectivity index (χ3v) is 1.08. The van der Waals surface area contributed by atoms with E-state index in [2.05, 4.69) is 30.5 Å². The first-order valence-corrected chi connectivity index (χ1v) is 2.77. The Labute approximate surface area is 48.2 Å². The van der Waals surface area contributed by atoms with Crippen LogP contribution in [0.5, 0.6) is 0 Å². The van der Waals surface area contributed by atoms with Crippen LogP contribution in [0.3, 0.4) is 0 Å². The van der Waals surface area contributed by atoms with Crippen LogP contribution in [0.15, 0.2) is 6.20 Å². The van der Waals surface area contributed by atoms with Gasteiger partial charge in [0, 0.05) is 11.5 Å². The molecule has 1 aromatic rings. The van der Waals surface area contributed by atoms with E-state index in [1.165, 1.54) is 0 Å². The Morgan fingerprint density at radius 1 is 1.57 bits per heavy atom. The molecule has 0 saturated carbocycles. The highest BCUT2D eigenvalue weighted by Gasteiger charge is 1.84. The summed E-state index contributed by atoms with van der Waals surface area (Å²) in [5.41, 5.74) is 0.741. The minimum atomic E-state index is 0.741. The average molecular weight is 122 g/mol. The molecule has 0 atom stereocenters. The second-order valence-corrected chi connectivity index (χ2v) is 2.16. The molecule has 1 rings (SSSR count). The topological polar surface area (TPSA) is 28.7 Å². The van der Waals surface area contributed by atoms with E-state index in [4.69, 9.17) is 0 Å². The molecule has 0 saturated heterocycles. The van der Waals surface area contributed by atoms with Gasteiger partial charge in [-0.3, -0.25) is 0 Å². The molecule has 4 heteroatoms. The third-order valence-electron chi connectivity index (χ3n) is 0.576. The van der Waals surface area contributed by atoms with Gasteiger partial charge < -0.3 is 4.98 Å². The minimum absolute atomic E-state index is 0.741. The van der Waals surface area contributed by atoms with E-state index in [-0.39, 0.29) is 0 Å². The Morgan fingerprint density at radius 2 is 2.29 bits per heavy atom. The van der Waals surface area contributed by atoms with Crippen molar-refractivity contribution in [3.05, 3.63) is 6.20 Å². The summed E-state index contributed by atoms with van der Waals surface area (Å²) in [5.74, 6) is 0. The second kappa shape index (κ2) is 1.63. The van der Waals surface area contributed by atoms with E-state index in [1.807, 2.05) is 0 Å². The van der Waals surface area contributed by atoms with Crippen molar-refractivity contribution in [3.63, 3.8) is 0 Å². The summed E-state index contributed by atoms with van der Waals surface area (Å²) in [6.07, 6.45) is 1.68. The number of hydrogen-bond acceptors (Lipinski definition) is 1. The van der Waals surface area contributed by atoms with Gasteiger partial charge in [0.05, 0.1) is 15.7 Å². The lowest BCUT2D eigenvalue weighted by Gasteiger charge is -1.74. The van der Waals surface area contributed by atoms with Crippen molar-refractivity contribution in [2.75, 3.05) is 0 Å². The second-order valence-electron chi connectivity index (χ2n) is 1.15. The Morgan fingerprint density at radius 3 is 2.43 bits per heavy atom. The van der Waals surface area contributed by atoms with E-state index in [0.29, 0.717) is 0 Å². The zero-order valence-corrected chi connectivity index (χ0v) is 5.52. The molecule has 32 valence electrons. The molecule has 0 aromatic carbocycles. The molecule has 0 amide bonds. The first-order chi connectivity index (χ1) is 3.29. The molecule has 0 aliphatic rings. The normalized spacial score (nSPS) is 9.43. The van der Waals surface area contributed by atoms with Gasteiger partial charge in [-0.05, 0) is 0 Å². The largest absolute Gasteiger partial charge is 0.355 e. The zero-order valence-electron chi connectivity index (χ0n) is 3.52. The van der Waals surface area contributed by atoms with Crippen molar-refractivity contribution in [1.29, 1.82) is 0 Å². The van der Waals surface area contributed by atoms with E-state index < -0.39 is 0 Å².